The molecule has 0 heterocycles. The topological polar surface area (TPSA) is 35.5 Å². The molecule has 0 aliphatic heterocycles. The van der Waals surface area contributed by atoms with Gasteiger partial charge in [-0.15, -0.1) is 0 Å². The van der Waals surface area contributed by atoms with Crippen LogP contribution >= 0.6 is 23.2 Å². The lowest BCUT2D eigenvalue weighted by Gasteiger charge is -2.12. The Labute approximate surface area is 97.9 Å². The molecule has 0 N–H and O–H groups in total. The first kappa shape index (κ1) is 12.5. The Morgan fingerprint density at radius 1 is 1.20 bits per heavy atom. The maximum absolute atomic E-state index is 11.7. The Morgan fingerprint density at radius 2 is 1.80 bits per heavy atom. The van der Waals surface area contributed by atoms with E-state index in [0.717, 1.165) is 0 Å². The predicted octanol–water partition coefficient (Wildman–Crippen LogP) is 2.80. The number of rotatable bonds is 4. The molecule has 0 atom stereocenters. The van der Waals surface area contributed by atoms with Crippen molar-refractivity contribution in [1.82, 2.24) is 0 Å². The molecule has 0 fully saturated rings. The molecule has 82 valence electrons. The van der Waals surface area contributed by atoms with Gasteiger partial charge in [-0.2, -0.15) is 0 Å². The zero-order valence-electron chi connectivity index (χ0n) is 8.29. The molecule has 0 aliphatic rings. The van der Waals surface area contributed by atoms with Crippen LogP contribution in [0.4, 0.5) is 0 Å². The molecule has 1 aromatic rings. The SMILES string of the molecule is COC(OC)C(=O)c1ccc(Cl)c(Cl)c1. The molecule has 1 rings (SSSR count). The monoisotopic (exact) mass is 248 g/mol. The van der Waals surface area contributed by atoms with Gasteiger partial charge in [0, 0.05) is 19.8 Å². The zero-order chi connectivity index (χ0) is 11.4. The van der Waals surface area contributed by atoms with Gasteiger partial charge in [0.2, 0.25) is 12.1 Å². The van der Waals surface area contributed by atoms with Gasteiger partial charge in [-0.1, -0.05) is 23.2 Å². The molecule has 3 nitrogen and oxygen atoms in total. The smallest absolute Gasteiger partial charge is 0.222 e. The van der Waals surface area contributed by atoms with Crippen molar-refractivity contribution in [3.8, 4) is 0 Å². The molecular weight excluding hydrogens is 239 g/mol. The van der Waals surface area contributed by atoms with E-state index in [1.54, 1.807) is 12.1 Å². The van der Waals surface area contributed by atoms with E-state index >= 15 is 0 Å². The van der Waals surface area contributed by atoms with Crippen LogP contribution in [0, 0.1) is 0 Å². The average molecular weight is 249 g/mol. The summed E-state index contributed by atoms with van der Waals surface area (Å²) < 4.78 is 9.68. The highest BCUT2D eigenvalue weighted by molar-refractivity contribution is 6.42. The first-order valence-corrected chi connectivity index (χ1v) is 4.90. The van der Waals surface area contributed by atoms with Crippen LogP contribution in [-0.4, -0.2) is 26.3 Å². The van der Waals surface area contributed by atoms with E-state index in [1.807, 2.05) is 0 Å². The van der Waals surface area contributed by atoms with Crippen molar-refractivity contribution in [2.24, 2.45) is 0 Å². The van der Waals surface area contributed by atoms with Crippen molar-refractivity contribution in [1.29, 1.82) is 0 Å². The summed E-state index contributed by atoms with van der Waals surface area (Å²) in [5, 5.41) is 0.730. The van der Waals surface area contributed by atoms with E-state index in [1.165, 1.54) is 20.3 Å². The highest BCUT2D eigenvalue weighted by atomic mass is 35.5. The van der Waals surface area contributed by atoms with Gasteiger partial charge in [-0.05, 0) is 18.2 Å². The Bertz CT molecular complexity index is 362. The van der Waals surface area contributed by atoms with Gasteiger partial charge in [0.05, 0.1) is 10.0 Å². The molecule has 0 saturated carbocycles. The molecular formula is C10H10Cl2O3. The van der Waals surface area contributed by atoms with Gasteiger partial charge in [0.25, 0.3) is 0 Å². The Morgan fingerprint density at radius 3 is 2.27 bits per heavy atom. The first-order chi connectivity index (χ1) is 7.10. The van der Waals surface area contributed by atoms with Crippen molar-refractivity contribution in [3.05, 3.63) is 33.8 Å². The number of ether oxygens (including phenoxy) is 2. The van der Waals surface area contributed by atoms with E-state index in [0.29, 0.717) is 15.6 Å². The number of hydrogen-bond acceptors (Lipinski definition) is 3. The minimum absolute atomic E-state index is 0.293. The molecule has 0 amide bonds. The third-order valence-corrected chi connectivity index (χ3v) is 2.59. The van der Waals surface area contributed by atoms with E-state index < -0.39 is 6.29 Å². The number of carbonyl (C=O) groups excluding carboxylic acids is 1. The average Bonchev–Trinajstić information content (AvgIpc) is 2.23. The standard InChI is InChI=1S/C10H10Cl2O3/c1-14-10(15-2)9(13)6-3-4-7(11)8(12)5-6/h3-5,10H,1-2H3. The Balaban J connectivity index is 2.96. The van der Waals surface area contributed by atoms with Gasteiger partial charge in [-0.3, -0.25) is 4.79 Å². The number of Topliss-reactive ketones (excluding diaryl/α,β-unsaturated/α-hetero) is 1. The van der Waals surface area contributed by atoms with Crippen LogP contribution in [0.5, 0.6) is 0 Å². The van der Waals surface area contributed by atoms with Crippen molar-refractivity contribution >= 4 is 29.0 Å². The predicted molar refractivity (Wildman–Crippen MR) is 58.6 cm³/mol. The molecule has 0 aliphatic carbocycles. The summed E-state index contributed by atoms with van der Waals surface area (Å²) in [6, 6.07) is 4.61. The van der Waals surface area contributed by atoms with E-state index in [4.69, 9.17) is 32.7 Å². The summed E-state index contributed by atoms with van der Waals surface area (Å²) in [5.41, 5.74) is 0.401. The number of benzene rings is 1. The maximum Gasteiger partial charge on any atom is 0.222 e. The second kappa shape index (κ2) is 5.47. The molecule has 0 aromatic heterocycles. The second-order valence-electron chi connectivity index (χ2n) is 2.80. The third-order valence-electron chi connectivity index (χ3n) is 1.85. The number of halogens is 2. The quantitative estimate of drug-likeness (QED) is 0.608. The van der Waals surface area contributed by atoms with E-state index in [9.17, 15) is 4.79 Å². The fourth-order valence-electron chi connectivity index (χ4n) is 1.10. The molecule has 5 heteroatoms. The van der Waals surface area contributed by atoms with Gasteiger partial charge in [0.15, 0.2) is 0 Å². The molecule has 1 aromatic carbocycles. The maximum atomic E-state index is 11.7. The van der Waals surface area contributed by atoms with Crippen molar-refractivity contribution < 1.29 is 14.3 Å². The lowest BCUT2D eigenvalue weighted by molar-refractivity contribution is -0.0742. The summed E-state index contributed by atoms with van der Waals surface area (Å²) in [7, 11) is 2.78. The van der Waals surface area contributed by atoms with Gasteiger partial charge >= 0.3 is 0 Å². The first-order valence-electron chi connectivity index (χ1n) is 4.15. The number of carbonyl (C=O) groups is 1. The molecule has 0 unspecified atom stereocenters. The number of hydrogen-bond donors (Lipinski definition) is 0. The summed E-state index contributed by atoms with van der Waals surface area (Å²) in [6.45, 7) is 0. The summed E-state index contributed by atoms with van der Waals surface area (Å²) in [4.78, 5) is 11.7. The Kier molecular flexibility index (Phi) is 4.54. The molecule has 0 spiro atoms. The molecule has 0 radical (unpaired) electrons. The molecule has 0 bridgehead atoms. The summed E-state index contributed by atoms with van der Waals surface area (Å²) >= 11 is 11.5. The van der Waals surface area contributed by atoms with Crippen LogP contribution in [0.3, 0.4) is 0 Å². The van der Waals surface area contributed by atoms with Crippen LogP contribution in [0.25, 0.3) is 0 Å². The highest BCUT2D eigenvalue weighted by Gasteiger charge is 2.19. The minimum Gasteiger partial charge on any atom is -0.349 e. The van der Waals surface area contributed by atoms with Crippen LogP contribution in [0.1, 0.15) is 10.4 Å². The van der Waals surface area contributed by atoms with Crippen LogP contribution in [-0.2, 0) is 9.47 Å². The Hall–Kier alpha value is -0.610. The van der Waals surface area contributed by atoms with Crippen molar-refractivity contribution in [2.45, 2.75) is 6.29 Å². The van der Waals surface area contributed by atoms with Crippen LogP contribution in [0.15, 0.2) is 18.2 Å². The number of methoxy groups -OCH3 is 2. The van der Waals surface area contributed by atoms with Crippen LogP contribution in [0.2, 0.25) is 10.0 Å². The van der Waals surface area contributed by atoms with Crippen molar-refractivity contribution in [2.75, 3.05) is 14.2 Å². The van der Waals surface area contributed by atoms with Gasteiger partial charge in [-0.25, -0.2) is 0 Å². The lowest BCUT2D eigenvalue weighted by Crippen LogP contribution is -2.24. The van der Waals surface area contributed by atoms with Gasteiger partial charge < -0.3 is 9.47 Å². The summed E-state index contributed by atoms with van der Waals surface area (Å²) in [6.07, 6.45) is -0.915. The zero-order valence-corrected chi connectivity index (χ0v) is 9.80. The van der Waals surface area contributed by atoms with E-state index in [2.05, 4.69) is 0 Å². The van der Waals surface area contributed by atoms with Gasteiger partial charge in [0.1, 0.15) is 0 Å². The third kappa shape index (κ3) is 2.92. The fraction of sp³-hybridized carbons (Fsp3) is 0.300. The largest absolute Gasteiger partial charge is 0.349 e. The normalized spacial score (nSPS) is 10.7. The lowest BCUT2D eigenvalue weighted by atomic mass is 10.1. The second-order valence-corrected chi connectivity index (χ2v) is 3.61. The van der Waals surface area contributed by atoms with Crippen molar-refractivity contribution in [3.63, 3.8) is 0 Å². The summed E-state index contributed by atoms with van der Waals surface area (Å²) in [5.74, 6) is -0.293. The highest BCUT2D eigenvalue weighted by Crippen LogP contribution is 2.23. The minimum atomic E-state index is -0.915. The fourth-order valence-corrected chi connectivity index (χ4v) is 1.39. The van der Waals surface area contributed by atoms with E-state index in [-0.39, 0.29) is 5.78 Å². The van der Waals surface area contributed by atoms with Crippen LogP contribution < -0.4 is 0 Å². The molecule has 15 heavy (non-hydrogen) atoms. The number of ketones is 1. The molecule has 0 saturated heterocycles.